The van der Waals surface area contributed by atoms with E-state index in [1.54, 1.807) is 0 Å². The van der Waals surface area contributed by atoms with Crippen LogP contribution < -0.4 is 5.43 Å². The number of hydrogen-bond donors (Lipinski definition) is 1. The SMILES string of the molecule is COCC(=O)NN=Cc1ccc(C(F)(F)F)cn1. The van der Waals surface area contributed by atoms with Crippen LogP contribution >= 0.6 is 0 Å². The Morgan fingerprint density at radius 1 is 1.56 bits per heavy atom. The van der Waals surface area contributed by atoms with Gasteiger partial charge < -0.3 is 4.74 Å². The molecule has 1 amide bonds. The standard InChI is InChI=1S/C10H10F3N3O2/c1-18-6-9(17)16-15-5-8-3-2-7(4-14-8)10(11,12)13/h2-5H,6H2,1H3,(H,16,17). The number of ether oxygens (including phenoxy) is 1. The summed E-state index contributed by atoms with van der Waals surface area (Å²) in [6, 6.07) is 2.03. The fourth-order valence-corrected chi connectivity index (χ4v) is 0.983. The molecule has 1 heterocycles. The second-order valence-corrected chi connectivity index (χ2v) is 3.20. The quantitative estimate of drug-likeness (QED) is 0.654. The topological polar surface area (TPSA) is 63.6 Å². The van der Waals surface area contributed by atoms with Gasteiger partial charge in [0.05, 0.1) is 17.5 Å². The third kappa shape index (κ3) is 4.50. The number of pyridine rings is 1. The highest BCUT2D eigenvalue weighted by atomic mass is 19.4. The van der Waals surface area contributed by atoms with E-state index >= 15 is 0 Å². The van der Waals surface area contributed by atoms with Gasteiger partial charge in [-0.25, -0.2) is 5.43 Å². The molecule has 0 aliphatic carbocycles. The molecule has 0 saturated carbocycles. The van der Waals surface area contributed by atoms with Crippen LogP contribution in [-0.2, 0) is 15.7 Å². The van der Waals surface area contributed by atoms with Crippen molar-refractivity contribution in [2.75, 3.05) is 13.7 Å². The number of alkyl halides is 3. The van der Waals surface area contributed by atoms with Gasteiger partial charge in [0.25, 0.3) is 5.91 Å². The molecule has 18 heavy (non-hydrogen) atoms. The summed E-state index contributed by atoms with van der Waals surface area (Å²) in [6.45, 7) is -0.155. The lowest BCUT2D eigenvalue weighted by molar-refractivity contribution is -0.137. The van der Waals surface area contributed by atoms with E-state index in [1.807, 2.05) is 0 Å². The van der Waals surface area contributed by atoms with E-state index < -0.39 is 17.6 Å². The van der Waals surface area contributed by atoms with Gasteiger partial charge in [-0.05, 0) is 12.1 Å². The largest absolute Gasteiger partial charge is 0.417 e. The first-order valence-electron chi connectivity index (χ1n) is 4.77. The Balaban J connectivity index is 2.59. The maximum atomic E-state index is 12.2. The number of halogens is 3. The number of aromatic nitrogens is 1. The van der Waals surface area contributed by atoms with Crippen molar-refractivity contribution < 1.29 is 22.7 Å². The molecule has 1 aromatic heterocycles. The molecule has 8 heteroatoms. The lowest BCUT2D eigenvalue weighted by atomic mass is 10.2. The van der Waals surface area contributed by atoms with Gasteiger partial charge in [-0.15, -0.1) is 0 Å². The monoisotopic (exact) mass is 261 g/mol. The predicted octanol–water partition coefficient (Wildman–Crippen LogP) is 1.20. The number of rotatable bonds is 4. The average molecular weight is 261 g/mol. The minimum Gasteiger partial charge on any atom is -0.375 e. The van der Waals surface area contributed by atoms with Crippen LogP contribution in [0, 0.1) is 0 Å². The average Bonchev–Trinajstić information content (AvgIpc) is 2.29. The predicted molar refractivity (Wildman–Crippen MR) is 56.9 cm³/mol. The first-order valence-corrected chi connectivity index (χ1v) is 4.77. The Morgan fingerprint density at radius 2 is 2.28 bits per heavy atom. The van der Waals surface area contributed by atoms with E-state index in [0.29, 0.717) is 6.20 Å². The highest BCUT2D eigenvalue weighted by Crippen LogP contribution is 2.28. The van der Waals surface area contributed by atoms with Crippen molar-refractivity contribution in [2.24, 2.45) is 5.10 Å². The number of amides is 1. The number of carbonyl (C=O) groups excluding carboxylic acids is 1. The highest BCUT2D eigenvalue weighted by Gasteiger charge is 2.30. The molecule has 5 nitrogen and oxygen atoms in total. The third-order valence-electron chi connectivity index (χ3n) is 1.78. The molecule has 0 radical (unpaired) electrons. The van der Waals surface area contributed by atoms with Crippen molar-refractivity contribution in [1.82, 2.24) is 10.4 Å². The summed E-state index contributed by atoms with van der Waals surface area (Å²) in [5.41, 5.74) is 1.47. The Bertz CT molecular complexity index is 429. The smallest absolute Gasteiger partial charge is 0.375 e. The maximum absolute atomic E-state index is 12.2. The van der Waals surface area contributed by atoms with Gasteiger partial charge in [-0.3, -0.25) is 9.78 Å². The molecule has 0 atom stereocenters. The minimum atomic E-state index is -4.42. The summed E-state index contributed by atoms with van der Waals surface area (Å²) in [4.78, 5) is 14.4. The zero-order chi connectivity index (χ0) is 13.6. The molecule has 1 N–H and O–H groups in total. The summed E-state index contributed by atoms with van der Waals surface area (Å²) >= 11 is 0. The molecule has 1 aromatic rings. The van der Waals surface area contributed by atoms with Gasteiger partial charge in [0, 0.05) is 13.3 Å². The number of nitrogens with one attached hydrogen (secondary N) is 1. The Labute approximate surface area is 101 Å². The molecule has 0 spiro atoms. The van der Waals surface area contributed by atoms with E-state index in [9.17, 15) is 18.0 Å². The summed E-state index contributed by atoms with van der Waals surface area (Å²) in [6.07, 6.45) is -2.60. The Kier molecular flexibility index (Phi) is 4.78. The van der Waals surface area contributed by atoms with Crippen LogP contribution in [0.5, 0.6) is 0 Å². The lowest BCUT2D eigenvalue weighted by Crippen LogP contribution is -2.22. The van der Waals surface area contributed by atoms with Crippen molar-refractivity contribution in [3.63, 3.8) is 0 Å². The van der Waals surface area contributed by atoms with Crippen LogP contribution in [-0.4, -0.2) is 30.8 Å². The molecule has 0 unspecified atom stereocenters. The van der Waals surface area contributed by atoms with E-state index in [2.05, 4.69) is 20.2 Å². The fourth-order valence-electron chi connectivity index (χ4n) is 0.983. The van der Waals surface area contributed by atoms with Crippen LogP contribution in [0.2, 0.25) is 0 Å². The maximum Gasteiger partial charge on any atom is 0.417 e. The van der Waals surface area contributed by atoms with Gasteiger partial charge in [0.2, 0.25) is 0 Å². The first-order chi connectivity index (χ1) is 8.43. The number of hydrazone groups is 1. The summed E-state index contributed by atoms with van der Waals surface area (Å²) < 4.78 is 41.2. The Hall–Kier alpha value is -1.96. The van der Waals surface area contributed by atoms with Gasteiger partial charge in [-0.2, -0.15) is 18.3 Å². The Morgan fingerprint density at radius 3 is 2.78 bits per heavy atom. The van der Waals surface area contributed by atoms with Gasteiger partial charge >= 0.3 is 6.18 Å². The second kappa shape index (κ2) is 6.10. The summed E-state index contributed by atoms with van der Waals surface area (Å²) in [5, 5.41) is 3.50. The van der Waals surface area contributed by atoms with E-state index in [0.717, 1.165) is 18.3 Å². The van der Waals surface area contributed by atoms with E-state index in [-0.39, 0.29) is 12.3 Å². The molecular weight excluding hydrogens is 251 g/mol. The van der Waals surface area contributed by atoms with Crippen molar-refractivity contribution in [2.45, 2.75) is 6.18 Å². The third-order valence-corrected chi connectivity index (χ3v) is 1.78. The van der Waals surface area contributed by atoms with Crippen LogP contribution in [0.4, 0.5) is 13.2 Å². The summed E-state index contributed by atoms with van der Waals surface area (Å²) in [5.74, 6) is -0.472. The first kappa shape index (κ1) is 14.1. The number of nitrogens with zero attached hydrogens (tertiary/aromatic N) is 2. The molecule has 1 rings (SSSR count). The highest BCUT2D eigenvalue weighted by molar-refractivity contribution is 5.81. The van der Waals surface area contributed by atoms with Crippen molar-refractivity contribution in [1.29, 1.82) is 0 Å². The molecule has 0 aromatic carbocycles. The van der Waals surface area contributed by atoms with Gasteiger partial charge in [0.15, 0.2) is 0 Å². The molecule has 0 bridgehead atoms. The molecule has 0 aliphatic rings. The van der Waals surface area contributed by atoms with Crippen molar-refractivity contribution in [3.05, 3.63) is 29.6 Å². The van der Waals surface area contributed by atoms with Crippen molar-refractivity contribution >= 4 is 12.1 Å². The van der Waals surface area contributed by atoms with Crippen LogP contribution in [0.3, 0.4) is 0 Å². The molecular formula is C10H10F3N3O2. The zero-order valence-corrected chi connectivity index (χ0v) is 9.36. The summed E-state index contributed by atoms with van der Waals surface area (Å²) in [7, 11) is 1.35. The van der Waals surface area contributed by atoms with E-state index in [4.69, 9.17) is 0 Å². The molecule has 0 saturated heterocycles. The fraction of sp³-hybridized carbons (Fsp3) is 0.300. The molecule has 0 fully saturated rings. The van der Waals surface area contributed by atoms with Crippen molar-refractivity contribution in [3.8, 4) is 0 Å². The zero-order valence-electron chi connectivity index (χ0n) is 9.36. The molecule has 0 aliphatic heterocycles. The van der Waals surface area contributed by atoms with Gasteiger partial charge in [0.1, 0.15) is 6.61 Å². The number of hydrogen-bond acceptors (Lipinski definition) is 4. The molecule has 98 valence electrons. The van der Waals surface area contributed by atoms with Crippen LogP contribution in [0.15, 0.2) is 23.4 Å². The van der Waals surface area contributed by atoms with E-state index in [1.165, 1.54) is 7.11 Å². The minimum absolute atomic E-state index is 0.155. The van der Waals surface area contributed by atoms with Crippen LogP contribution in [0.25, 0.3) is 0 Å². The second-order valence-electron chi connectivity index (χ2n) is 3.20. The van der Waals surface area contributed by atoms with Crippen LogP contribution in [0.1, 0.15) is 11.3 Å². The van der Waals surface area contributed by atoms with Gasteiger partial charge in [-0.1, -0.05) is 0 Å². The lowest BCUT2D eigenvalue weighted by Gasteiger charge is -2.04. The number of carbonyl (C=O) groups is 1. The number of methoxy groups -OCH3 is 1. The normalized spacial score (nSPS) is 11.8.